The Morgan fingerprint density at radius 3 is 2.53 bits per heavy atom. The Morgan fingerprint density at radius 2 is 1.75 bits per heavy atom. The molecule has 36 heavy (non-hydrogen) atoms. The summed E-state index contributed by atoms with van der Waals surface area (Å²) in [7, 11) is 0. The summed E-state index contributed by atoms with van der Waals surface area (Å²) < 4.78 is 34.8. The lowest BCUT2D eigenvalue weighted by molar-refractivity contribution is 0.601. The van der Waals surface area contributed by atoms with Gasteiger partial charge in [0, 0.05) is 28.5 Å². The topological polar surface area (TPSA) is 55.1 Å². The van der Waals surface area contributed by atoms with Crippen molar-refractivity contribution < 1.29 is 13.2 Å². The molecule has 5 aromatic rings. The molecule has 3 aromatic carbocycles. The molecule has 1 N–H and O–H groups in total. The van der Waals surface area contributed by atoms with E-state index in [-0.39, 0.29) is 17.3 Å². The molecule has 0 aliphatic carbocycles. The monoisotopic (exact) mass is 482 g/mol. The molecule has 6 heteroatoms. The fraction of sp³-hybridized carbons (Fsp3) is 0.133. The number of anilines is 1. The first-order valence-corrected chi connectivity index (χ1v) is 11.6. The number of nitrogens with zero attached hydrogens (tertiary/aromatic N) is 1. The Balaban J connectivity index is 1.64. The second kappa shape index (κ2) is 9.38. The van der Waals surface area contributed by atoms with Crippen LogP contribution in [0.4, 0.5) is 14.5 Å². The number of aryl methyl sites for hydroxylation is 1. The molecule has 0 saturated carbocycles. The Bertz CT molecular complexity index is 1660. The molecule has 0 aliphatic heterocycles. The molecule has 0 radical (unpaired) electrons. The van der Waals surface area contributed by atoms with Gasteiger partial charge in [-0.2, -0.15) is 0 Å². The molecule has 4 nitrogen and oxygen atoms in total. The zero-order valence-electron chi connectivity index (χ0n) is 20.1. The van der Waals surface area contributed by atoms with Crippen LogP contribution in [-0.4, -0.2) is 4.98 Å². The Kier molecular flexibility index (Phi) is 6.10. The van der Waals surface area contributed by atoms with E-state index in [1.165, 1.54) is 18.2 Å². The standard InChI is InChI=1S/C30H24F2N2O2/c1-17-14-23(19(3)34-26-12-7-13-33-27(26)22-10-4-5-11-25(22)32)30-24(15-17)28(35)18(2)29(36-30)20-8-6-9-21(31)16-20/h4-16,19,34H,1-3H3/t19-/m1/s1. The van der Waals surface area contributed by atoms with Gasteiger partial charge >= 0.3 is 0 Å². The van der Waals surface area contributed by atoms with Gasteiger partial charge in [-0.15, -0.1) is 0 Å². The second-order valence-corrected chi connectivity index (χ2v) is 8.87. The lowest BCUT2D eigenvalue weighted by atomic mass is 9.98. The van der Waals surface area contributed by atoms with E-state index in [1.54, 1.807) is 55.6 Å². The number of nitrogens with one attached hydrogen (secondary N) is 1. The minimum Gasteiger partial charge on any atom is -0.455 e. The predicted molar refractivity (Wildman–Crippen MR) is 139 cm³/mol. The smallest absolute Gasteiger partial charge is 0.196 e. The van der Waals surface area contributed by atoms with Crippen LogP contribution in [-0.2, 0) is 0 Å². The summed E-state index contributed by atoms with van der Waals surface area (Å²) in [6.07, 6.45) is 1.62. The van der Waals surface area contributed by atoms with E-state index in [0.717, 1.165) is 11.1 Å². The van der Waals surface area contributed by atoms with Crippen molar-refractivity contribution in [2.75, 3.05) is 5.32 Å². The molecule has 0 saturated heterocycles. The maximum absolute atomic E-state index is 14.5. The number of rotatable bonds is 5. The van der Waals surface area contributed by atoms with E-state index < -0.39 is 5.82 Å². The molecule has 0 unspecified atom stereocenters. The van der Waals surface area contributed by atoms with Crippen LogP contribution in [0.3, 0.4) is 0 Å². The fourth-order valence-corrected chi connectivity index (χ4v) is 4.49. The highest BCUT2D eigenvalue weighted by Gasteiger charge is 2.20. The maximum atomic E-state index is 14.5. The van der Waals surface area contributed by atoms with Crippen LogP contribution < -0.4 is 10.7 Å². The van der Waals surface area contributed by atoms with Crippen molar-refractivity contribution in [1.29, 1.82) is 0 Å². The molecule has 180 valence electrons. The van der Waals surface area contributed by atoms with Crippen molar-refractivity contribution in [3.63, 3.8) is 0 Å². The number of benzene rings is 3. The molecular formula is C30H24F2N2O2. The number of fused-ring (bicyclic) bond motifs is 1. The van der Waals surface area contributed by atoms with E-state index in [9.17, 15) is 13.6 Å². The molecule has 5 rings (SSSR count). The van der Waals surface area contributed by atoms with Gasteiger partial charge in [-0.1, -0.05) is 30.3 Å². The number of halogens is 2. The molecular weight excluding hydrogens is 458 g/mol. The fourth-order valence-electron chi connectivity index (χ4n) is 4.49. The average molecular weight is 483 g/mol. The Morgan fingerprint density at radius 1 is 0.944 bits per heavy atom. The van der Waals surface area contributed by atoms with E-state index >= 15 is 0 Å². The van der Waals surface area contributed by atoms with Crippen LogP contribution in [0.25, 0.3) is 33.6 Å². The third-order valence-corrected chi connectivity index (χ3v) is 6.25. The van der Waals surface area contributed by atoms with E-state index in [1.807, 2.05) is 26.0 Å². The summed E-state index contributed by atoms with van der Waals surface area (Å²) in [5.41, 5.74) is 4.33. The van der Waals surface area contributed by atoms with Gasteiger partial charge in [-0.05, 0) is 68.8 Å². The molecule has 0 spiro atoms. The van der Waals surface area contributed by atoms with Gasteiger partial charge in [0.1, 0.15) is 23.0 Å². The Labute approximate surface area is 207 Å². The second-order valence-electron chi connectivity index (χ2n) is 8.87. The SMILES string of the molecule is Cc1cc([C@@H](C)Nc2cccnc2-c2ccccc2F)c2oc(-c3cccc(F)c3)c(C)c(=O)c2c1. The number of hydrogen-bond donors (Lipinski definition) is 1. The predicted octanol–water partition coefficient (Wildman–Crippen LogP) is 7.59. The summed E-state index contributed by atoms with van der Waals surface area (Å²) >= 11 is 0. The van der Waals surface area contributed by atoms with Gasteiger partial charge in [0.2, 0.25) is 0 Å². The van der Waals surface area contributed by atoms with Crippen LogP contribution in [0.5, 0.6) is 0 Å². The third-order valence-electron chi connectivity index (χ3n) is 6.25. The minimum absolute atomic E-state index is 0.166. The summed E-state index contributed by atoms with van der Waals surface area (Å²) in [5, 5.41) is 3.88. The van der Waals surface area contributed by atoms with Crippen LogP contribution in [0.1, 0.15) is 29.7 Å². The van der Waals surface area contributed by atoms with Crippen LogP contribution in [0, 0.1) is 25.5 Å². The lowest BCUT2D eigenvalue weighted by Gasteiger charge is -2.20. The van der Waals surface area contributed by atoms with Gasteiger partial charge in [-0.3, -0.25) is 9.78 Å². The van der Waals surface area contributed by atoms with Crippen molar-refractivity contribution in [1.82, 2.24) is 4.98 Å². The van der Waals surface area contributed by atoms with Gasteiger partial charge in [-0.25, -0.2) is 8.78 Å². The van der Waals surface area contributed by atoms with Gasteiger partial charge in [0.05, 0.1) is 22.8 Å². The van der Waals surface area contributed by atoms with Crippen LogP contribution in [0.15, 0.2) is 88.2 Å². The summed E-state index contributed by atoms with van der Waals surface area (Å²) in [5.74, 6) is -0.446. The van der Waals surface area contributed by atoms with Crippen LogP contribution >= 0.6 is 0 Å². The Hall–Kier alpha value is -4.32. The van der Waals surface area contributed by atoms with Crippen molar-refractivity contribution in [3.05, 3.63) is 118 Å². The van der Waals surface area contributed by atoms with Crippen LogP contribution in [0.2, 0.25) is 0 Å². The number of aromatic nitrogens is 1. The van der Waals surface area contributed by atoms with E-state index in [4.69, 9.17) is 4.42 Å². The molecule has 0 amide bonds. The van der Waals surface area contributed by atoms with E-state index in [0.29, 0.717) is 44.8 Å². The minimum atomic E-state index is -0.411. The van der Waals surface area contributed by atoms with Gasteiger partial charge in [0.15, 0.2) is 5.43 Å². The highest BCUT2D eigenvalue weighted by Crippen LogP contribution is 2.34. The third kappa shape index (κ3) is 4.26. The zero-order valence-corrected chi connectivity index (χ0v) is 20.1. The van der Waals surface area contributed by atoms with E-state index in [2.05, 4.69) is 10.3 Å². The quantitative estimate of drug-likeness (QED) is 0.280. The maximum Gasteiger partial charge on any atom is 0.196 e. The molecule has 2 heterocycles. The highest BCUT2D eigenvalue weighted by molar-refractivity contribution is 5.85. The summed E-state index contributed by atoms with van der Waals surface area (Å²) in [4.78, 5) is 17.8. The largest absolute Gasteiger partial charge is 0.455 e. The van der Waals surface area contributed by atoms with Gasteiger partial charge in [0.25, 0.3) is 0 Å². The first-order valence-electron chi connectivity index (χ1n) is 11.6. The first-order chi connectivity index (χ1) is 17.3. The van der Waals surface area contributed by atoms with Crippen molar-refractivity contribution in [2.45, 2.75) is 26.8 Å². The lowest BCUT2D eigenvalue weighted by Crippen LogP contribution is -2.13. The molecule has 2 aromatic heterocycles. The first kappa shape index (κ1) is 23.4. The van der Waals surface area contributed by atoms with Gasteiger partial charge < -0.3 is 9.73 Å². The highest BCUT2D eigenvalue weighted by atomic mass is 19.1. The zero-order chi connectivity index (χ0) is 25.4. The van der Waals surface area contributed by atoms with Crippen molar-refractivity contribution in [3.8, 4) is 22.6 Å². The summed E-state index contributed by atoms with van der Waals surface area (Å²) in [6.45, 7) is 5.54. The molecule has 1 atom stereocenters. The summed E-state index contributed by atoms with van der Waals surface area (Å²) in [6, 6.07) is 19.5. The average Bonchev–Trinajstić information content (AvgIpc) is 2.87. The van der Waals surface area contributed by atoms with Crippen molar-refractivity contribution in [2.24, 2.45) is 0 Å². The molecule has 0 aliphatic rings. The number of pyridine rings is 1. The number of hydrogen-bond acceptors (Lipinski definition) is 4. The normalized spacial score (nSPS) is 12.0. The molecule has 0 bridgehead atoms. The molecule has 0 fully saturated rings. The van der Waals surface area contributed by atoms with Crippen molar-refractivity contribution >= 4 is 16.7 Å².